The van der Waals surface area contributed by atoms with Crippen molar-refractivity contribution in [3.8, 4) is 12.3 Å². The molecule has 0 aromatic carbocycles. The van der Waals surface area contributed by atoms with Crippen LogP contribution in [0, 0.1) is 12.3 Å². The number of carboxylic acid groups (broad SMARTS) is 2. The Morgan fingerprint density at radius 1 is 1.29 bits per heavy atom. The highest BCUT2D eigenvalue weighted by molar-refractivity contribution is 5.73. The number of alkyl halides is 3. The largest absolute Gasteiger partial charge is 0.490 e. The van der Waals surface area contributed by atoms with Crippen molar-refractivity contribution in [1.82, 2.24) is 0 Å². The summed E-state index contributed by atoms with van der Waals surface area (Å²) in [5.41, 5.74) is 4.94. The zero-order valence-electron chi connectivity index (χ0n) is 10.8. The summed E-state index contributed by atoms with van der Waals surface area (Å²) >= 11 is 0. The van der Waals surface area contributed by atoms with Crippen molar-refractivity contribution in [2.24, 2.45) is 16.0 Å². The van der Waals surface area contributed by atoms with Crippen molar-refractivity contribution >= 4 is 11.9 Å². The summed E-state index contributed by atoms with van der Waals surface area (Å²) in [7, 11) is 0. The monoisotopic (exact) mass is 309 g/mol. The summed E-state index contributed by atoms with van der Waals surface area (Å²) in [6.45, 7) is 0. The van der Waals surface area contributed by atoms with Crippen LogP contribution in [0.5, 0.6) is 0 Å². The van der Waals surface area contributed by atoms with Gasteiger partial charge in [-0.05, 0) is 12.8 Å². The molecule has 7 nitrogen and oxygen atoms in total. The highest BCUT2D eigenvalue weighted by Gasteiger charge is 2.39. The molecule has 118 valence electrons. The second-order valence-electron chi connectivity index (χ2n) is 4.17. The lowest BCUT2D eigenvalue weighted by atomic mass is 9.99. The van der Waals surface area contributed by atoms with E-state index in [1.165, 1.54) is 0 Å². The fourth-order valence-corrected chi connectivity index (χ4v) is 1.18. The first-order valence-corrected chi connectivity index (χ1v) is 5.70. The van der Waals surface area contributed by atoms with Gasteiger partial charge in [-0.3, -0.25) is 4.79 Å². The molecule has 4 N–H and O–H groups in total. The molecule has 1 aliphatic rings. The summed E-state index contributed by atoms with van der Waals surface area (Å²) in [5, 5.41) is 23.4. The fourth-order valence-electron chi connectivity index (χ4n) is 1.18. The van der Waals surface area contributed by atoms with Crippen molar-refractivity contribution in [1.29, 1.82) is 0 Å². The first kappa shape index (κ1) is 18.9. The van der Waals surface area contributed by atoms with Crippen molar-refractivity contribution in [2.45, 2.75) is 43.6 Å². The van der Waals surface area contributed by atoms with Crippen LogP contribution in [0.25, 0.3) is 0 Å². The van der Waals surface area contributed by atoms with Gasteiger partial charge in [0, 0.05) is 12.8 Å². The van der Waals surface area contributed by atoms with Crippen LogP contribution in [-0.2, 0) is 9.59 Å². The zero-order valence-corrected chi connectivity index (χ0v) is 10.8. The quantitative estimate of drug-likeness (QED) is 0.639. The predicted octanol–water partition coefficient (Wildman–Crippen LogP) is 1.39. The molecule has 0 saturated heterocycles. The van der Waals surface area contributed by atoms with Crippen LogP contribution in [0.1, 0.15) is 25.7 Å². The molecular weight excluding hydrogens is 295 g/mol. The van der Waals surface area contributed by atoms with Gasteiger partial charge in [0.15, 0.2) is 5.66 Å². The molecule has 0 aliphatic carbocycles. The highest BCUT2D eigenvalue weighted by atomic mass is 19.4. The van der Waals surface area contributed by atoms with Gasteiger partial charge in [-0.2, -0.15) is 23.4 Å². The Labute approximate surface area is 118 Å². The zero-order chi connectivity index (χ0) is 16.7. The first-order valence-electron chi connectivity index (χ1n) is 5.70. The summed E-state index contributed by atoms with van der Waals surface area (Å²) < 4.78 is 31.7. The second kappa shape index (κ2) is 7.58. The molecular formula is C11H14F3N3O4. The Hall–Kier alpha value is -2.15. The molecule has 0 spiro atoms. The average molecular weight is 309 g/mol. The number of nitrogens with two attached hydrogens (primary N) is 1. The molecule has 1 aliphatic heterocycles. The van der Waals surface area contributed by atoms with Crippen LogP contribution >= 0.6 is 0 Å². The summed E-state index contributed by atoms with van der Waals surface area (Å²) in [6, 6.07) is -0.830. The van der Waals surface area contributed by atoms with Gasteiger partial charge < -0.3 is 15.9 Å². The standard InChI is InChI=1S/C9H13N3O2.C2HF3O2/c1-2-3-5-9(11-12-9)6-4-7(10)8(13)14;3-2(4,5)1(6)7/h1,7H,3-6,10H2,(H,13,14);(H,6,7)/t7-;/m0./s1. The topological polar surface area (TPSA) is 125 Å². The molecule has 0 bridgehead atoms. The van der Waals surface area contributed by atoms with E-state index >= 15 is 0 Å². The third-order valence-corrected chi connectivity index (χ3v) is 2.47. The highest BCUT2D eigenvalue weighted by Crippen LogP contribution is 2.37. The number of hydrogen-bond acceptors (Lipinski definition) is 5. The lowest BCUT2D eigenvalue weighted by Gasteiger charge is -2.10. The minimum absolute atomic E-state index is 0.382. The third-order valence-electron chi connectivity index (χ3n) is 2.47. The minimum Gasteiger partial charge on any atom is -0.480 e. The van der Waals surface area contributed by atoms with Crippen LogP contribution in [0.2, 0.25) is 0 Å². The smallest absolute Gasteiger partial charge is 0.480 e. The molecule has 21 heavy (non-hydrogen) atoms. The van der Waals surface area contributed by atoms with E-state index in [0.29, 0.717) is 25.7 Å². The molecule has 0 aromatic heterocycles. The van der Waals surface area contributed by atoms with Gasteiger partial charge in [0.05, 0.1) is 0 Å². The Morgan fingerprint density at radius 3 is 2.05 bits per heavy atom. The van der Waals surface area contributed by atoms with E-state index in [1.54, 1.807) is 0 Å². The van der Waals surface area contributed by atoms with Crippen LogP contribution in [-0.4, -0.2) is 40.0 Å². The normalized spacial score (nSPS) is 16.1. The van der Waals surface area contributed by atoms with Crippen LogP contribution < -0.4 is 5.73 Å². The minimum atomic E-state index is -5.08. The summed E-state index contributed by atoms with van der Waals surface area (Å²) in [5.74, 6) is -1.24. The number of halogens is 3. The second-order valence-corrected chi connectivity index (χ2v) is 4.17. The number of aliphatic carboxylic acids is 2. The maximum atomic E-state index is 10.6. The molecule has 1 rings (SSSR count). The Bertz CT molecular complexity index is 451. The fraction of sp³-hybridized carbons (Fsp3) is 0.636. The van der Waals surface area contributed by atoms with E-state index in [4.69, 9.17) is 27.2 Å². The van der Waals surface area contributed by atoms with Gasteiger partial charge in [0.25, 0.3) is 0 Å². The van der Waals surface area contributed by atoms with E-state index < -0.39 is 29.8 Å². The number of rotatable bonds is 6. The van der Waals surface area contributed by atoms with E-state index in [1.807, 2.05) is 0 Å². The van der Waals surface area contributed by atoms with Gasteiger partial charge in [-0.25, -0.2) is 4.79 Å². The Kier molecular flexibility index (Phi) is 6.81. The first-order chi connectivity index (χ1) is 9.54. The van der Waals surface area contributed by atoms with Gasteiger partial charge >= 0.3 is 18.1 Å². The number of hydrogen-bond donors (Lipinski definition) is 3. The van der Waals surface area contributed by atoms with Gasteiger partial charge in [-0.15, -0.1) is 12.3 Å². The number of carboxylic acids is 2. The lowest BCUT2D eigenvalue weighted by Crippen LogP contribution is -2.31. The van der Waals surface area contributed by atoms with Gasteiger partial charge in [0.1, 0.15) is 6.04 Å². The van der Waals surface area contributed by atoms with E-state index in [2.05, 4.69) is 16.1 Å². The maximum Gasteiger partial charge on any atom is 0.490 e. The molecule has 1 atom stereocenters. The average Bonchev–Trinajstić information content (AvgIpc) is 3.13. The van der Waals surface area contributed by atoms with Gasteiger partial charge in [0.2, 0.25) is 0 Å². The van der Waals surface area contributed by atoms with Crippen molar-refractivity contribution in [3.05, 3.63) is 0 Å². The molecule has 0 amide bonds. The maximum absolute atomic E-state index is 10.6. The molecule has 0 radical (unpaired) electrons. The summed E-state index contributed by atoms with van der Waals surface area (Å²) in [4.78, 5) is 19.3. The third kappa shape index (κ3) is 7.88. The van der Waals surface area contributed by atoms with Crippen molar-refractivity contribution in [3.63, 3.8) is 0 Å². The van der Waals surface area contributed by atoms with Crippen LogP contribution in [0.3, 0.4) is 0 Å². The molecule has 1 heterocycles. The van der Waals surface area contributed by atoms with E-state index in [0.717, 1.165) is 0 Å². The SMILES string of the molecule is C#CCCC1(CC[C@H](N)C(=O)O)N=N1.O=C(O)C(F)(F)F. The molecule has 0 fully saturated rings. The predicted molar refractivity (Wildman–Crippen MR) is 64.2 cm³/mol. The molecule has 0 aromatic rings. The number of terminal acetylenes is 1. The Morgan fingerprint density at radius 2 is 1.76 bits per heavy atom. The number of carbonyl (C=O) groups is 2. The van der Waals surface area contributed by atoms with E-state index in [9.17, 15) is 18.0 Å². The molecule has 10 heteroatoms. The lowest BCUT2D eigenvalue weighted by molar-refractivity contribution is -0.192. The molecule has 0 unspecified atom stereocenters. The van der Waals surface area contributed by atoms with Gasteiger partial charge in [-0.1, -0.05) is 0 Å². The van der Waals surface area contributed by atoms with Crippen molar-refractivity contribution in [2.75, 3.05) is 0 Å². The Balaban J connectivity index is 0.000000486. The number of nitrogens with zero attached hydrogens (tertiary/aromatic N) is 2. The molecule has 0 saturated carbocycles. The summed E-state index contributed by atoms with van der Waals surface area (Å²) in [6.07, 6.45) is 2.28. The van der Waals surface area contributed by atoms with Crippen molar-refractivity contribution < 1.29 is 33.0 Å². The van der Waals surface area contributed by atoms with Crippen LogP contribution in [0.15, 0.2) is 10.2 Å². The van der Waals surface area contributed by atoms with Crippen LogP contribution in [0.4, 0.5) is 13.2 Å². The van der Waals surface area contributed by atoms with E-state index in [-0.39, 0.29) is 0 Å².